The van der Waals surface area contributed by atoms with E-state index in [1.165, 1.54) is 7.11 Å². The van der Waals surface area contributed by atoms with Crippen LogP contribution in [0, 0.1) is 11.8 Å². The predicted octanol–water partition coefficient (Wildman–Crippen LogP) is 3.65. The third-order valence-electron chi connectivity index (χ3n) is 7.80. The molecule has 2 heterocycles. The monoisotopic (exact) mass is 528 g/mol. The number of para-hydroxylation sites is 1. The van der Waals surface area contributed by atoms with Crippen molar-refractivity contribution in [2.75, 3.05) is 38.2 Å². The smallest absolute Gasteiger partial charge is 0.407 e. The number of hydrogen-bond donors (Lipinski definition) is 2. The number of hydrogen-bond acceptors (Lipinski definition) is 5. The van der Waals surface area contributed by atoms with Crippen LogP contribution in [0.15, 0.2) is 24.3 Å². The van der Waals surface area contributed by atoms with Crippen molar-refractivity contribution in [1.82, 2.24) is 15.5 Å². The zero-order valence-corrected chi connectivity index (χ0v) is 23.2. The van der Waals surface area contributed by atoms with Gasteiger partial charge in [0.15, 0.2) is 0 Å². The molecule has 9 heteroatoms. The number of carbonyl (C=O) groups excluding carboxylic acids is 4. The quantitative estimate of drug-likeness (QED) is 0.426. The Kier molecular flexibility index (Phi) is 11.4. The topological polar surface area (TPSA) is 108 Å². The van der Waals surface area contributed by atoms with Gasteiger partial charge in [0, 0.05) is 51.1 Å². The van der Waals surface area contributed by atoms with Gasteiger partial charge in [0.05, 0.1) is 13.2 Å². The van der Waals surface area contributed by atoms with Gasteiger partial charge in [-0.1, -0.05) is 44.4 Å². The molecular weight excluding hydrogens is 484 g/mol. The first-order chi connectivity index (χ1) is 18.3. The van der Waals surface area contributed by atoms with E-state index < -0.39 is 12.0 Å². The number of unbranched alkanes of at least 4 members (excludes halogenated alkanes) is 2. The number of carbonyl (C=O) groups is 4. The number of fused-ring (bicyclic) bond motifs is 1. The SMILES string of the molecule is CCCCC[C@@H](CC(=O)NCCC1CCN(C(C)=O)CC1)C(=O)N1CC(NC(=O)OC)Cc2ccccc21. The van der Waals surface area contributed by atoms with E-state index in [4.69, 9.17) is 4.74 Å². The van der Waals surface area contributed by atoms with Gasteiger partial charge >= 0.3 is 6.09 Å². The summed E-state index contributed by atoms with van der Waals surface area (Å²) in [6.07, 6.45) is 6.62. The molecule has 1 saturated heterocycles. The average Bonchev–Trinajstić information content (AvgIpc) is 2.92. The van der Waals surface area contributed by atoms with E-state index in [-0.39, 0.29) is 30.2 Å². The summed E-state index contributed by atoms with van der Waals surface area (Å²) in [4.78, 5) is 53.8. The Labute approximate surface area is 226 Å². The zero-order valence-electron chi connectivity index (χ0n) is 23.2. The lowest BCUT2D eigenvalue weighted by Crippen LogP contribution is -2.52. The summed E-state index contributed by atoms with van der Waals surface area (Å²) < 4.78 is 4.78. The van der Waals surface area contributed by atoms with E-state index in [9.17, 15) is 19.2 Å². The van der Waals surface area contributed by atoms with E-state index in [1.54, 1.807) is 11.8 Å². The molecule has 1 unspecified atom stereocenters. The normalized spacial score (nSPS) is 18.3. The molecular formula is C29H44N4O5. The molecule has 2 atom stereocenters. The molecule has 210 valence electrons. The van der Waals surface area contributed by atoms with Crippen molar-refractivity contribution in [2.24, 2.45) is 11.8 Å². The molecule has 0 aliphatic carbocycles. The molecule has 38 heavy (non-hydrogen) atoms. The van der Waals surface area contributed by atoms with Crippen LogP contribution in [0.1, 0.15) is 70.8 Å². The lowest BCUT2D eigenvalue weighted by molar-refractivity contribution is -0.130. The first kappa shape index (κ1) is 29.5. The number of anilines is 1. The fourth-order valence-electron chi connectivity index (χ4n) is 5.55. The molecule has 2 aliphatic heterocycles. The minimum absolute atomic E-state index is 0.0725. The summed E-state index contributed by atoms with van der Waals surface area (Å²) in [5.74, 6) is 0.0220. The molecule has 0 bridgehead atoms. The molecule has 0 saturated carbocycles. The van der Waals surface area contributed by atoms with Crippen LogP contribution >= 0.6 is 0 Å². The van der Waals surface area contributed by atoms with Crippen molar-refractivity contribution in [3.63, 3.8) is 0 Å². The van der Waals surface area contributed by atoms with Gasteiger partial charge in [-0.2, -0.15) is 0 Å². The van der Waals surface area contributed by atoms with Gasteiger partial charge in [0.25, 0.3) is 0 Å². The Morgan fingerprint density at radius 2 is 1.84 bits per heavy atom. The second-order valence-corrected chi connectivity index (χ2v) is 10.6. The molecule has 2 aliphatic rings. The first-order valence-electron chi connectivity index (χ1n) is 14.1. The highest BCUT2D eigenvalue weighted by Gasteiger charge is 2.34. The van der Waals surface area contributed by atoms with Crippen LogP contribution in [0.5, 0.6) is 0 Å². The maximum Gasteiger partial charge on any atom is 0.407 e. The molecule has 0 spiro atoms. The molecule has 2 N–H and O–H groups in total. The highest BCUT2D eigenvalue weighted by Crippen LogP contribution is 2.30. The molecule has 0 aromatic heterocycles. The van der Waals surface area contributed by atoms with E-state index >= 15 is 0 Å². The van der Waals surface area contributed by atoms with Crippen LogP contribution in [-0.4, -0.2) is 68.0 Å². The van der Waals surface area contributed by atoms with Crippen molar-refractivity contribution in [2.45, 2.75) is 77.7 Å². The van der Waals surface area contributed by atoms with Crippen LogP contribution in [-0.2, 0) is 25.5 Å². The lowest BCUT2D eigenvalue weighted by atomic mass is 9.92. The third kappa shape index (κ3) is 8.46. The van der Waals surface area contributed by atoms with Gasteiger partial charge in [0.1, 0.15) is 0 Å². The van der Waals surface area contributed by atoms with Gasteiger partial charge in [0.2, 0.25) is 17.7 Å². The Balaban J connectivity index is 1.61. The van der Waals surface area contributed by atoms with Crippen molar-refractivity contribution in [3.8, 4) is 0 Å². The minimum atomic E-state index is -0.521. The van der Waals surface area contributed by atoms with Crippen LogP contribution < -0.4 is 15.5 Å². The predicted molar refractivity (Wildman–Crippen MR) is 147 cm³/mol. The van der Waals surface area contributed by atoms with E-state index in [2.05, 4.69) is 17.6 Å². The molecule has 1 fully saturated rings. The van der Waals surface area contributed by atoms with Crippen molar-refractivity contribution in [3.05, 3.63) is 29.8 Å². The molecule has 9 nitrogen and oxygen atoms in total. The van der Waals surface area contributed by atoms with Crippen LogP contribution in [0.2, 0.25) is 0 Å². The number of rotatable bonds is 11. The summed E-state index contributed by atoms with van der Waals surface area (Å²) in [6.45, 7) is 6.22. The summed E-state index contributed by atoms with van der Waals surface area (Å²) in [7, 11) is 1.33. The Morgan fingerprint density at radius 1 is 1.11 bits per heavy atom. The fourth-order valence-corrected chi connectivity index (χ4v) is 5.55. The van der Waals surface area contributed by atoms with Gasteiger partial charge in [-0.25, -0.2) is 4.79 Å². The number of nitrogens with zero attached hydrogens (tertiary/aromatic N) is 2. The number of piperidine rings is 1. The Morgan fingerprint density at radius 3 is 2.53 bits per heavy atom. The van der Waals surface area contributed by atoms with Gasteiger partial charge < -0.3 is 25.2 Å². The average molecular weight is 529 g/mol. The number of amides is 4. The number of benzene rings is 1. The number of alkyl carbamates (subject to hydrolysis) is 1. The number of ether oxygens (including phenoxy) is 1. The first-order valence-corrected chi connectivity index (χ1v) is 14.1. The second kappa shape index (κ2) is 14.7. The Bertz CT molecular complexity index is 960. The van der Waals surface area contributed by atoms with Gasteiger partial charge in [-0.3, -0.25) is 14.4 Å². The van der Waals surface area contributed by atoms with Crippen LogP contribution in [0.25, 0.3) is 0 Å². The number of methoxy groups -OCH3 is 1. The maximum absolute atomic E-state index is 13.9. The van der Waals surface area contributed by atoms with Gasteiger partial charge in [-0.05, 0) is 49.7 Å². The van der Waals surface area contributed by atoms with Crippen molar-refractivity contribution in [1.29, 1.82) is 0 Å². The summed E-state index contributed by atoms with van der Waals surface area (Å²) in [5.41, 5.74) is 1.83. The molecule has 0 radical (unpaired) electrons. The minimum Gasteiger partial charge on any atom is -0.453 e. The van der Waals surface area contributed by atoms with Gasteiger partial charge in [-0.15, -0.1) is 0 Å². The molecule has 1 aromatic rings. The van der Waals surface area contributed by atoms with Crippen LogP contribution in [0.4, 0.5) is 10.5 Å². The third-order valence-corrected chi connectivity index (χ3v) is 7.80. The maximum atomic E-state index is 13.9. The highest BCUT2D eigenvalue weighted by molar-refractivity contribution is 5.98. The standard InChI is InChI=1S/C29H44N4O5/c1-4-5-6-10-24(19-27(35)30-15-12-22-13-16-32(17-14-22)21(2)34)28(36)33-20-25(31-29(37)38-3)18-23-9-7-8-11-26(23)33/h7-9,11,22,24-25H,4-6,10,12-20H2,1-3H3,(H,30,35)(H,31,37)/t24-,25?/m0/s1. The van der Waals surface area contributed by atoms with Crippen molar-refractivity contribution >= 4 is 29.5 Å². The van der Waals surface area contributed by atoms with E-state index in [0.717, 1.165) is 62.9 Å². The molecule has 4 amide bonds. The Hall–Kier alpha value is -3.10. The lowest BCUT2D eigenvalue weighted by Gasteiger charge is -2.36. The molecule has 1 aromatic carbocycles. The number of nitrogens with one attached hydrogen (secondary N) is 2. The highest BCUT2D eigenvalue weighted by atomic mass is 16.5. The largest absolute Gasteiger partial charge is 0.453 e. The zero-order chi connectivity index (χ0) is 27.5. The van der Waals surface area contributed by atoms with Crippen LogP contribution in [0.3, 0.4) is 0 Å². The van der Waals surface area contributed by atoms with E-state index in [0.29, 0.717) is 31.8 Å². The summed E-state index contributed by atoms with van der Waals surface area (Å²) in [5, 5.41) is 5.88. The summed E-state index contributed by atoms with van der Waals surface area (Å²) >= 11 is 0. The number of likely N-dealkylation sites (tertiary alicyclic amines) is 1. The summed E-state index contributed by atoms with van der Waals surface area (Å²) in [6, 6.07) is 7.48. The second-order valence-electron chi connectivity index (χ2n) is 10.6. The van der Waals surface area contributed by atoms with E-state index in [1.807, 2.05) is 29.2 Å². The van der Waals surface area contributed by atoms with Crippen molar-refractivity contribution < 1.29 is 23.9 Å². The molecule has 3 rings (SSSR count). The fraction of sp³-hybridized carbons (Fsp3) is 0.655.